The van der Waals surface area contributed by atoms with Gasteiger partial charge in [-0.2, -0.15) is 0 Å². The predicted molar refractivity (Wildman–Crippen MR) is 184 cm³/mol. The van der Waals surface area contributed by atoms with Crippen LogP contribution < -0.4 is 0 Å². The summed E-state index contributed by atoms with van der Waals surface area (Å²) >= 11 is 24.3. The van der Waals surface area contributed by atoms with Crippen LogP contribution in [0.3, 0.4) is 0 Å². The molecule has 0 amide bonds. The van der Waals surface area contributed by atoms with Gasteiger partial charge in [-0.05, 0) is 83.6 Å². The Balaban J connectivity index is 1.20. The molecule has 0 bridgehead atoms. The van der Waals surface area contributed by atoms with Crippen molar-refractivity contribution in [2.45, 2.75) is 39.0 Å². The normalized spacial score (nSPS) is 11.6. The Kier molecular flexibility index (Phi) is 15.0. The molecule has 0 spiro atoms. The first-order chi connectivity index (χ1) is 21.3. The van der Waals surface area contributed by atoms with Crippen LogP contribution in [-0.2, 0) is 39.8 Å². The summed E-state index contributed by atoms with van der Waals surface area (Å²) in [6.07, 6.45) is 1.44. The Labute approximate surface area is 281 Å². The van der Waals surface area contributed by atoms with Crippen LogP contribution in [-0.4, -0.2) is 36.1 Å². The van der Waals surface area contributed by atoms with Gasteiger partial charge in [0, 0.05) is 59.4 Å². The van der Waals surface area contributed by atoms with Crippen molar-refractivity contribution in [3.8, 4) is 0 Å². The Morgan fingerprint density at radius 1 is 0.455 bits per heavy atom. The molecule has 0 aromatic heterocycles. The lowest BCUT2D eigenvalue weighted by Gasteiger charge is -2.23. The lowest BCUT2D eigenvalue weighted by molar-refractivity contribution is 0.184. The maximum Gasteiger partial charge on any atom is 0.319 e. The molecular weight excluding hydrogens is 657 g/mol. The molecule has 0 aliphatic heterocycles. The lowest BCUT2D eigenvalue weighted by Crippen LogP contribution is -2.25. The highest BCUT2D eigenvalue weighted by Gasteiger charge is 2.11. The van der Waals surface area contributed by atoms with Crippen LogP contribution in [0.1, 0.15) is 35.1 Å². The van der Waals surface area contributed by atoms with E-state index in [0.717, 1.165) is 52.1 Å². The number of halogens is 4. The van der Waals surface area contributed by atoms with Crippen molar-refractivity contribution in [3.05, 3.63) is 139 Å². The second-order valence-electron chi connectivity index (χ2n) is 10.6. The molecule has 44 heavy (non-hydrogen) atoms. The van der Waals surface area contributed by atoms with Crippen molar-refractivity contribution in [2.24, 2.45) is 0 Å². The molecule has 4 rings (SSSR count). The van der Waals surface area contributed by atoms with Gasteiger partial charge in [-0.3, -0.25) is 14.4 Å². The first kappa shape index (κ1) is 35.0. The van der Waals surface area contributed by atoms with Gasteiger partial charge in [0.1, 0.15) is 0 Å². The molecule has 0 saturated carbocycles. The third-order valence-corrected chi connectivity index (χ3v) is 8.84. The van der Waals surface area contributed by atoms with Crippen molar-refractivity contribution in [3.63, 3.8) is 0 Å². The molecule has 10 heteroatoms. The summed E-state index contributed by atoms with van der Waals surface area (Å²) in [6.45, 7) is 5.28. The average Bonchev–Trinajstić information content (AvgIpc) is 3.02. The minimum Gasteiger partial charge on any atom is -0.311 e. The average molecular weight is 694 g/mol. The van der Waals surface area contributed by atoms with Crippen LogP contribution in [0, 0.1) is 0 Å². The zero-order chi connectivity index (χ0) is 31.1. The van der Waals surface area contributed by atoms with E-state index in [1.54, 1.807) is 0 Å². The molecule has 0 aliphatic rings. The van der Waals surface area contributed by atoms with E-state index in [-0.39, 0.29) is 0 Å². The standard InChI is InChI=1S/C34H37Cl4N2O3P/c35-31-11-3-27(4-12-31)23-39(24-28-5-13-32(36)14-6-28)19-1-21-42-44(41)43-22-2-20-40(25-29-7-15-33(37)16-8-29)26-30-9-17-34(38)18-10-30/h3-18,44H,1-2,19-26H2. The Morgan fingerprint density at radius 2 is 0.705 bits per heavy atom. The summed E-state index contributed by atoms with van der Waals surface area (Å²) in [4.78, 5) is 4.65. The summed E-state index contributed by atoms with van der Waals surface area (Å²) < 4.78 is 23.6. The summed E-state index contributed by atoms with van der Waals surface area (Å²) in [5, 5.41) is 2.86. The molecule has 4 aromatic carbocycles. The van der Waals surface area contributed by atoms with Gasteiger partial charge in [-0.1, -0.05) is 94.9 Å². The molecule has 5 nitrogen and oxygen atoms in total. The van der Waals surface area contributed by atoms with Gasteiger partial charge in [0.05, 0.1) is 13.2 Å². The molecule has 0 heterocycles. The fourth-order valence-corrected chi connectivity index (χ4v) is 5.96. The lowest BCUT2D eigenvalue weighted by atomic mass is 10.1. The molecule has 0 unspecified atom stereocenters. The Morgan fingerprint density at radius 3 is 0.955 bits per heavy atom. The molecule has 0 aliphatic carbocycles. The third-order valence-electron chi connectivity index (χ3n) is 6.95. The molecule has 4 aromatic rings. The van der Waals surface area contributed by atoms with E-state index in [1.165, 1.54) is 22.3 Å². The zero-order valence-electron chi connectivity index (χ0n) is 24.4. The van der Waals surface area contributed by atoms with Crippen molar-refractivity contribution < 1.29 is 13.6 Å². The van der Waals surface area contributed by atoms with Gasteiger partial charge in [0.15, 0.2) is 0 Å². The number of benzene rings is 4. The van der Waals surface area contributed by atoms with Gasteiger partial charge in [-0.25, -0.2) is 0 Å². The van der Waals surface area contributed by atoms with Crippen molar-refractivity contribution in [1.82, 2.24) is 9.80 Å². The smallest absolute Gasteiger partial charge is 0.311 e. The predicted octanol–water partition coefficient (Wildman–Crippen LogP) is 10.2. The minimum absolute atomic E-state index is 0.356. The van der Waals surface area contributed by atoms with Crippen LogP contribution in [0.4, 0.5) is 0 Å². The van der Waals surface area contributed by atoms with Crippen LogP contribution >= 0.6 is 54.7 Å². The highest BCUT2D eigenvalue weighted by Crippen LogP contribution is 2.25. The van der Waals surface area contributed by atoms with Gasteiger partial charge in [0.25, 0.3) is 0 Å². The second kappa shape index (κ2) is 18.9. The quantitative estimate of drug-likeness (QED) is 0.0766. The summed E-state index contributed by atoms with van der Waals surface area (Å²) in [5.74, 6) is 0. The summed E-state index contributed by atoms with van der Waals surface area (Å²) in [6, 6.07) is 31.5. The zero-order valence-corrected chi connectivity index (χ0v) is 28.5. The Bertz CT molecular complexity index is 1220. The highest BCUT2D eigenvalue weighted by atomic mass is 35.5. The van der Waals surface area contributed by atoms with Gasteiger partial charge < -0.3 is 9.05 Å². The van der Waals surface area contributed by atoms with Gasteiger partial charge in [-0.15, -0.1) is 0 Å². The molecular formula is C34H37Cl4N2O3P. The van der Waals surface area contributed by atoms with Gasteiger partial charge in [0.2, 0.25) is 0 Å². The summed E-state index contributed by atoms with van der Waals surface area (Å²) in [7, 11) is -2.58. The molecule has 0 fully saturated rings. The molecule has 0 saturated heterocycles. The monoisotopic (exact) mass is 692 g/mol. The second-order valence-corrected chi connectivity index (χ2v) is 13.4. The topological polar surface area (TPSA) is 42.0 Å². The van der Waals surface area contributed by atoms with E-state index in [0.29, 0.717) is 33.3 Å². The van der Waals surface area contributed by atoms with Crippen LogP contribution in [0.15, 0.2) is 97.1 Å². The SMILES string of the molecule is O=[PH](OCCCN(Cc1ccc(Cl)cc1)Cc1ccc(Cl)cc1)OCCCN(Cc1ccc(Cl)cc1)Cc1ccc(Cl)cc1. The van der Waals surface area contributed by atoms with E-state index < -0.39 is 8.25 Å². The van der Waals surface area contributed by atoms with Crippen molar-refractivity contribution in [2.75, 3.05) is 26.3 Å². The van der Waals surface area contributed by atoms with E-state index in [9.17, 15) is 4.57 Å². The maximum absolute atomic E-state index is 12.5. The number of nitrogens with zero attached hydrogens (tertiary/aromatic N) is 2. The van der Waals surface area contributed by atoms with E-state index >= 15 is 0 Å². The van der Waals surface area contributed by atoms with Gasteiger partial charge >= 0.3 is 8.25 Å². The first-order valence-electron chi connectivity index (χ1n) is 14.5. The Hall–Kier alpha value is -1.89. The van der Waals surface area contributed by atoms with Crippen molar-refractivity contribution >= 4 is 54.7 Å². The number of hydrogen-bond acceptors (Lipinski definition) is 5. The number of rotatable bonds is 18. The summed E-state index contributed by atoms with van der Waals surface area (Å²) in [5.41, 5.74) is 4.68. The minimum atomic E-state index is -2.58. The van der Waals surface area contributed by atoms with Crippen LogP contribution in [0.2, 0.25) is 20.1 Å². The maximum atomic E-state index is 12.5. The van der Waals surface area contributed by atoms with Crippen LogP contribution in [0.5, 0.6) is 0 Å². The molecule has 0 atom stereocenters. The fourth-order valence-electron chi connectivity index (χ4n) is 4.75. The van der Waals surface area contributed by atoms with Crippen LogP contribution in [0.25, 0.3) is 0 Å². The number of hydrogen-bond donors (Lipinski definition) is 0. The fraction of sp³-hybridized carbons (Fsp3) is 0.294. The highest BCUT2D eigenvalue weighted by molar-refractivity contribution is 7.33. The molecule has 0 radical (unpaired) electrons. The first-order valence-corrected chi connectivity index (χ1v) is 17.3. The van der Waals surface area contributed by atoms with E-state index in [1.807, 2.05) is 97.1 Å². The molecule has 234 valence electrons. The van der Waals surface area contributed by atoms with E-state index in [4.69, 9.17) is 55.5 Å². The third kappa shape index (κ3) is 13.2. The van der Waals surface area contributed by atoms with Crippen molar-refractivity contribution in [1.29, 1.82) is 0 Å². The molecule has 0 N–H and O–H groups in total. The largest absolute Gasteiger partial charge is 0.319 e. The van der Waals surface area contributed by atoms with E-state index in [2.05, 4.69) is 9.80 Å².